The number of hydrogen-bond donors (Lipinski definition) is 1. The summed E-state index contributed by atoms with van der Waals surface area (Å²) in [5.41, 5.74) is -0.0370. The van der Waals surface area contributed by atoms with Gasteiger partial charge in [-0.1, -0.05) is 48.0 Å². The first kappa shape index (κ1) is 20.8. The highest BCUT2D eigenvalue weighted by Crippen LogP contribution is 2.24. The molecule has 1 atom stereocenters. The van der Waals surface area contributed by atoms with Gasteiger partial charge in [0.15, 0.2) is 0 Å². The van der Waals surface area contributed by atoms with E-state index < -0.39 is 35.8 Å². The van der Waals surface area contributed by atoms with Gasteiger partial charge in [-0.05, 0) is 37.5 Å². The fourth-order valence-electron chi connectivity index (χ4n) is 3.10. The molecule has 3 amide bonds. The summed E-state index contributed by atoms with van der Waals surface area (Å²) < 4.78 is 18.8. The standard InChI is InChI=1S/C21H20ClFN2O4/c1-21(11-10-14-6-3-2-4-7-14)19(27)25(20(28)24-21)12-18(26)29-13-15-16(22)8-5-9-17(15)23/h2-9H,10-13H2,1H3,(H,24,28)/t21-/m0/s1. The summed E-state index contributed by atoms with van der Waals surface area (Å²) in [6.07, 6.45) is 0.978. The number of benzene rings is 2. The Morgan fingerprint density at radius 3 is 2.59 bits per heavy atom. The number of esters is 1. The number of nitrogens with zero attached hydrogens (tertiary/aromatic N) is 1. The van der Waals surface area contributed by atoms with Crippen molar-refractivity contribution in [3.63, 3.8) is 0 Å². The summed E-state index contributed by atoms with van der Waals surface area (Å²) in [5, 5.41) is 2.77. The smallest absolute Gasteiger partial charge is 0.326 e. The second-order valence-corrected chi connectivity index (χ2v) is 7.41. The van der Waals surface area contributed by atoms with E-state index in [9.17, 15) is 18.8 Å². The average molecular weight is 419 g/mol. The molecule has 2 aromatic carbocycles. The van der Waals surface area contributed by atoms with Crippen LogP contribution in [0.15, 0.2) is 48.5 Å². The van der Waals surface area contributed by atoms with Gasteiger partial charge in [0.2, 0.25) is 0 Å². The van der Waals surface area contributed by atoms with E-state index in [0.717, 1.165) is 10.5 Å². The molecule has 152 valence electrons. The number of rotatable bonds is 7. The molecule has 1 saturated heterocycles. The predicted octanol–water partition coefficient (Wildman–Crippen LogP) is 3.47. The monoisotopic (exact) mass is 418 g/mol. The Hall–Kier alpha value is -2.93. The first-order valence-corrected chi connectivity index (χ1v) is 9.44. The van der Waals surface area contributed by atoms with Crippen molar-refractivity contribution in [2.75, 3.05) is 6.54 Å². The second-order valence-electron chi connectivity index (χ2n) is 7.00. The number of imide groups is 1. The van der Waals surface area contributed by atoms with Gasteiger partial charge in [0.25, 0.3) is 5.91 Å². The molecule has 0 aliphatic carbocycles. The lowest BCUT2D eigenvalue weighted by atomic mass is 9.93. The zero-order valence-electron chi connectivity index (χ0n) is 15.8. The van der Waals surface area contributed by atoms with Crippen LogP contribution in [0.3, 0.4) is 0 Å². The minimum atomic E-state index is -1.11. The summed E-state index contributed by atoms with van der Waals surface area (Å²) in [6, 6.07) is 13.0. The normalized spacial score (nSPS) is 18.7. The number of nitrogens with one attached hydrogen (secondary N) is 1. The molecule has 6 nitrogen and oxygen atoms in total. The van der Waals surface area contributed by atoms with Gasteiger partial charge in [-0.3, -0.25) is 14.5 Å². The van der Waals surface area contributed by atoms with Crippen LogP contribution in [0.25, 0.3) is 0 Å². The number of urea groups is 1. The number of ether oxygens (including phenoxy) is 1. The van der Waals surface area contributed by atoms with Crippen LogP contribution in [0.4, 0.5) is 9.18 Å². The van der Waals surface area contributed by atoms with E-state index in [1.807, 2.05) is 30.3 Å². The van der Waals surface area contributed by atoms with Crippen molar-refractivity contribution in [3.8, 4) is 0 Å². The van der Waals surface area contributed by atoms with Crippen molar-refractivity contribution in [1.82, 2.24) is 10.2 Å². The third-order valence-electron chi connectivity index (χ3n) is 4.83. The lowest BCUT2D eigenvalue weighted by Crippen LogP contribution is -2.44. The van der Waals surface area contributed by atoms with E-state index >= 15 is 0 Å². The van der Waals surface area contributed by atoms with Crippen LogP contribution < -0.4 is 5.32 Å². The van der Waals surface area contributed by atoms with E-state index in [0.29, 0.717) is 12.8 Å². The van der Waals surface area contributed by atoms with Crippen LogP contribution in [0.1, 0.15) is 24.5 Å². The van der Waals surface area contributed by atoms with Crippen LogP contribution in [-0.4, -0.2) is 34.9 Å². The van der Waals surface area contributed by atoms with E-state index in [2.05, 4.69) is 5.32 Å². The van der Waals surface area contributed by atoms with Crippen molar-refractivity contribution in [3.05, 3.63) is 70.5 Å². The molecule has 0 aromatic heterocycles. The number of carbonyl (C=O) groups is 3. The molecule has 8 heteroatoms. The molecule has 1 aliphatic heterocycles. The largest absolute Gasteiger partial charge is 0.459 e. The molecule has 0 saturated carbocycles. The fraction of sp³-hybridized carbons (Fsp3) is 0.286. The molecule has 1 aliphatic rings. The summed E-state index contributed by atoms with van der Waals surface area (Å²) in [4.78, 5) is 37.9. The third-order valence-corrected chi connectivity index (χ3v) is 5.18. The molecule has 0 spiro atoms. The number of hydrogen-bond acceptors (Lipinski definition) is 4. The zero-order chi connectivity index (χ0) is 21.0. The Morgan fingerprint density at radius 1 is 1.17 bits per heavy atom. The number of carbonyl (C=O) groups excluding carboxylic acids is 3. The van der Waals surface area contributed by atoms with Crippen LogP contribution in [0, 0.1) is 5.82 Å². The van der Waals surface area contributed by atoms with Gasteiger partial charge < -0.3 is 10.1 Å². The van der Waals surface area contributed by atoms with E-state index in [-0.39, 0.29) is 17.2 Å². The molecule has 0 bridgehead atoms. The number of amides is 3. The van der Waals surface area contributed by atoms with Crippen molar-refractivity contribution in [2.45, 2.75) is 31.9 Å². The van der Waals surface area contributed by atoms with Crippen molar-refractivity contribution >= 4 is 29.5 Å². The Balaban J connectivity index is 1.58. The molecular weight excluding hydrogens is 399 g/mol. The SMILES string of the molecule is C[C@@]1(CCc2ccccc2)NC(=O)N(CC(=O)OCc2c(F)cccc2Cl)C1=O. The highest BCUT2D eigenvalue weighted by molar-refractivity contribution is 6.31. The third kappa shape index (κ3) is 4.74. The lowest BCUT2D eigenvalue weighted by molar-refractivity contribution is -0.148. The number of aryl methyl sites for hydroxylation is 1. The summed E-state index contributed by atoms with van der Waals surface area (Å²) in [5.74, 6) is -1.94. The Kier molecular flexibility index (Phi) is 6.17. The molecule has 0 radical (unpaired) electrons. The lowest BCUT2D eigenvalue weighted by Gasteiger charge is -2.21. The van der Waals surface area contributed by atoms with Crippen LogP contribution >= 0.6 is 11.6 Å². The van der Waals surface area contributed by atoms with E-state index in [4.69, 9.17) is 16.3 Å². The maximum absolute atomic E-state index is 13.8. The molecule has 1 fully saturated rings. The maximum atomic E-state index is 13.8. The Morgan fingerprint density at radius 2 is 1.90 bits per heavy atom. The minimum Gasteiger partial charge on any atom is -0.459 e. The van der Waals surface area contributed by atoms with Crippen molar-refractivity contribution in [1.29, 1.82) is 0 Å². The van der Waals surface area contributed by atoms with Gasteiger partial charge in [0, 0.05) is 5.56 Å². The van der Waals surface area contributed by atoms with Gasteiger partial charge in [-0.15, -0.1) is 0 Å². The quantitative estimate of drug-likeness (QED) is 0.552. The van der Waals surface area contributed by atoms with E-state index in [1.165, 1.54) is 18.2 Å². The summed E-state index contributed by atoms with van der Waals surface area (Å²) in [7, 11) is 0. The van der Waals surface area contributed by atoms with Crippen molar-refractivity contribution in [2.24, 2.45) is 0 Å². The Bertz CT molecular complexity index is 917. The fourth-order valence-corrected chi connectivity index (χ4v) is 3.31. The van der Waals surface area contributed by atoms with Gasteiger partial charge in [-0.2, -0.15) is 0 Å². The predicted molar refractivity (Wildman–Crippen MR) is 105 cm³/mol. The molecule has 2 aromatic rings. The summed E-state index contributed by atoms with van der Waals surface area (Å²) >= 11 is 5.89. The average Bonchev–Trinajstić information content (AvgIpc) is 2.90. The van der Waals surface area contributed by atoms with Gasteiger partial charge in [0.1, 0.15) is 24.5 Å². The van der Waals surface area contributed by atoms with Crippen molar-refractivity contribution < 1.29 is 23.5 Å². The van der Waals surface area contributed by atoms with Gasteiger partial charge in [-0.25, -0.2) is 9.18 Å². The van der Waals surface area contributed by atoms with Gasteiger partial charge in [0.05, 0.1) is 5.02 Å². The van der Waals surface area contributed by atoms with Gasteiger partial charge >= 0.3 is 12.0 Å². The zero-order valence-corrected chi connectivity index (χ0v) is 16.5. The van der Waals surface area contributed by atoms with Crippen LogP contribution in [-0.2, 0) is 27.4 Å². The first-order chi connectivity index (χ1) is 13.8. The highest BCUT2D eigenvalue weighted by atomic mass is 35.5. The molecular formula is C21H20ClFN2O4. The molecule has 29 heavy (non-hydrogen) atoms. The van der Waals surface area contributed by atoms with Crippen LogP contribution in [0.5, 0.6) is 0 Å². The summed E-state index contributed by atoms with van der Waals surface area (Å²) in [6.45, 7) is 0.678. The minimum absolute atomic E-state index is 0.0346. The van der Waals surface area contributed by atoms with E-state index in [1.54, 1.807) is 6.92 Å². The molecule has 1 N–H and O–H groups in total. The number of halogens is 2. The maximum Gasteiger partial charge on any atom is 0.326 e. The molecule has 3 rings (SSSR count). The Labute approximate surface area is 172 Å². The molecule has 0 unspecified atom stereocenters. The topological polar surface area (TPSA) is 75.7 Å². The van der Waals surface area contributed by atoms with Crippen LogP contribution in [0.2, 0.25) is 5.02 Å². The first-order valence-electron chi connectivity index (χ1n) is 9.07. The second kappa shape index (κ2) is 8.61. The molecule has 1 heterocycles. The highest BCUT2D eigenvalue weighted by Gasteiger charge is 2.48.